The third-order valence-electron chi connectivity index (χ3n) is 3.51. The molecular formula is C18H23N5O2. The van der Waals surface area contributed by atoms with E-state index < -0.39 is 0 Å². The molecule has 2 aromatic rings. The quantitative estimate of drug-likeness (QED) is 0.884. The van der Waals surface area contributed by atoms with Gasteiger partial charge in [-0.3, -0.25) is 19.1 Å². The lowest BCUT2D eigenvalue weighted by Crippen LogP contribution is -2.45. The highest BCUT2D eigenvalue weighted by Gasteiger charge is 2.17. The lowest BCUT2D eigenvalue weighted by Gasteiger charge is -2.23. The molecule has 1 aromatic heterocycles. The van der Waals surface area contributed by atoms with E-state index in [2.05, 4.69) is 10.3 Å². The molecule has 132 valence electrons. The second kappa shape index (κ2) is 7.45. The summed E-state index contributed by atoms with van der Waals surface area (Å²) in [5, 5.41) is 12.4. The van der Waals surface area contributed by atoms with Crippen molar-refractivity contribution in [2.24, 2.45) is 0 Å². The number of nitrogens with one attached hydrogen (secondary N) is 1. The van der Waals surface area contributed by atoms with Gasteiger partial charge in [0.2, 0.25) is 5.91 Å². The van der Waals surface area contributed by atoms with Crippen molar-refractivity contribution in [2.45, 2.75) is 39.4 Å². The fraction of sp³-hybridized carbons (Fsp3) is 0.444. The highest BCUT2D eigenvalue weighted by Crippen LogP contribution is 2.09. The molecule has 1 aromatic carbocycles. The molecule has 1 heterocycles. The molecule has 0 radical (unpaired) electrons. The van der Waals surface area contributed by atoms with Crippen LogP contribution in [0.4, 0.5) is 0 Å². The molecule has 0 atom stereocenters. The number of para-hydroxylation sites is 1. The Hall–Kier alpha value is -2.72. The first-order chi connectivity index (χ1) is 11.7. The molecule has 0 saturated heterocycles. The molecule has 0 bridgehead atoms. The summed E-state index contributed by atoms with van der Waals surface area (Å²) in [6.07, 6.45) is 0. The van der Waals surface area contributed by atoms with Crippen LogP contribution in [0.5, 0.6) is 0 Å². The van der Waals surface area contributed by atoms with Crippen LogP contribution in [0.15, 0.2) is 29.1 Å². The van der Waals surface area contributed by atoms with E-state index in [1.807, 2.05) is 32.9 Å². The Morgan fingerprint density at radius 1 is 1.36 bits per heavy atom. The molecule has 0 fully saturated rings. The SMILES string of the molecule is CN(CC(=O)NC(C)(C)C)Cc1nc2ccccc2c(=O)n1CC#N. The van der Waals surface area contributed by atoms with Crippen LogP contribution in [0, 0.1) is 11.3 Å². The number of amides is 1. The molecule has 25 heavy (non-hydrogen) atoms. The molecule has 1 N–H and O–H groups in total. The zero-order chi connectivity index (χ0) is 18.6. The van der Waals surface area contributed by atoms with Crippen LogP contribution in [0.25, 0.3) is 10.9 Å². The van der Waals surface area contributed by atoms with Crippen molar-refractivity contribution in [1.29, 1.82) is 5.26 Å². The Labute approximate surface area is 146 Å². The summed E-state index contributed by atoms with van der Waals surface area (Å²) in [5.74, 6) is 0.362. The Balaban J connectivity index is 2.28. The number of hydrogen-bond donors (Lipinski definition) is 1. The predicted molar refractivity (Wildman–Crippen MR) is 95.8 cm³/mol. The summed E-state index contributed by atoms with van der Waals surface area (Å²) in [6, 6.07) is 9.05. The monoisotopic (exact) mass is 341 g/mol. The number of fused-ring (bicyclic) bond motifs is 1. The largest absolute Gasteiger partial charge is 0.350 e. The van der Waals surface area contributed by atoms with E-state index in [0.29, 0.717) is 23.3 Å². The Morgan fingerprint density at radius 3 is 2.68 bits per heavy atom. The Bertz CT molecular complexity index is 874. The van der Waals surface area contributed by atoms with Gasteiger partial charge in [0.15, 0.2) is 0 Å². The minimum Gasteiger partial charge on any atom is -0.350 e. The standard InChI is InChI=1S/C18H23N5O2/c1-18(2,3)21-16(24)12-22(4)11-15-20-14-8-6-5-7-13(14)17(25)23(15)10-9-19/h5-8H,10-12H2,1-4H3,(H,21,24). The second-order valence-electron chi connectivity index (χ2n) is 7.07. The Kier molecular flexibility index (Phi) is 5.55. The third-order valence-corrected chi connectivity index (χ3v) is 3.51. The number of carbonyl (C=O) groups is 1. The maximum atomic E-state index is 12.6. The molecule has 7 heteroatoms. The van der Waals surface area contributed by atoms with E-state index in [0.717, 1.165) is 0 Å². The summed E-state index contributed by atoms with van der Waals surface area (Å²) in [5.41, 5.74) is 0.0427. The number of carbonyl (C=O) groups excluding carboxylic acids is 1. The minimum atomic E-state index is -0.304. The van der Waals surface area contributed by atoms with Gasteiger partial charge in [0.05, 0.1) is 30.1 Å². The van der Waals surface area contributed by atoms with E-state index >= 15 is 0 Å². The van der Waals surface area contributed by atoms with E-state index in [-0.39, 0.29) is 30.1 Å². The second-order valence-corrected chi connectivity index (χ2v) is 7.07. The van der Waals surface area contributed by atoms with Crippen molar-refractivity contribution in [3.8, 4) is 6.07 Å². The van der Waals surface area contributed by atoms with E-state index in [1.165, 1.54) is 4.57 Å². The first-order valence-corrected chi connectivity index (χ1v) is 8.06. The predicted octanol–water partition coefficient (Wildman–Crippen LogP) is 1.27. The van der Waals surface area contributed by atoms with E-state index in [4.69, 9.17) is 5.26 Å². The summed E-state index contributed by atoms with van der Waals surface area (Å²) < 4.78 is 1.36. The number of rotatable bonds is 5. The molecule has 0 unspecified atom stereocenters. The molecule has 0 saturated carbocycles. The van der Waals surface area contributed by atoms with Gasteiger partial charge in [-0.25, -0.2) is 4.98 Å². The van der Waals surface area contributed by atoms with Gasteiger partial charge in [0, 0.05) is 5.54 Å². The Morgan fingerprint density at radius 2 is 2.04 bits per heavy atom. The van der Waals surface area contributed by atoms with Crippen molar-refractivity contribution in [3.63, 3.8) is 0 Å². The molecular weight excluding hydrogens is 318 g/mol. The zero-order valence-corrected chi connectivity index (χ0v) is 15.0. The maximum Gasteiger partial charge on any atom is 0.262 e. The van der Waals surface area contributed by atoms with Gasteiger partial charge in [0.1, 0.15) is 12.4 Å². The van der Waals surface area contributed by atoms with Gasteiger partial charge >= 0.3 is 0 Å². The summed E-state index contributed by atoms with van der Waals surface area (Å²) >= 11 is 0. The van der Waals surface area contributed by atoms with Gasteiger partial charge in [0.25, 0.3) is 5.56 Å². The van der Waals surface area contributed by atoms with E-state index in [9.17, 15) is 9.59 Å². The van der Waals surface area contributed by atoms with Crippen molar-refractivity contribution < 1.29 is 4.79 Å². The highest BCUT2D eigenvalue weighted by atomic mass is 16.2. The van der Waals surface area contributed by atoms with Crippen molar-refractivity contribution in [1.82, 2.24) is 19.8 Å². The third kappa shape index (κ3) is 4.88. The van der Waals surface area contributed by atoms with Crippen LogP contribution in [0.1, 0.15) is 26.6 Å². The lowest BCUT2D eigenvalue weighted by molar-refractivity contribution is -0.123. The number of benzene rings is 1. The van der Waals surface area contributed by atoms with Crippen LogP contribution in [-0.2, 0) is 17.9 Å². The normalized spacial score (nSPS) is 11.5. The van der Waals surface area contributed by atoms with Crippen LogP contribution in [0.2, 0.25) is 0 Å². The lowest BCUT2D eigenvalue weighted by atomic mass is 10.1. The fourth-order valence-electron chi connectivity index (χ4n) is 2.57. The first kappa shape index (κ1) is 18.6. The number of aromatic nitrogens is 2. The van der Waals surface area contributed by atoms with Gasteiger partial charge in [-0.2, -0.15) is 5.26 Å². The smallest absolute Gasteiger partial charge is 0.262 e. The average molecular weight is 341 g/mol. The minimum absolute atomic E-state index is 0.0754. The molecule has 0 aliphatic heterocycles. The zero-order valence-electron chi connectivity index (χ0n) is 15.0. The number of nitriles is 1. The van der Waals surface area contributed by atoms with Crippen LogP contribution >= 0.6 is 0 Å². The van der Waals surface area contributed by atoms with Crippen LogP contribution in [-0.4, -0.2) is 39.5 Å². The molecule has 0 spiro atoms. The van der Waals surface area contributed by atoms with Gasteiger partial charge in [-0.05, 0) is 40.0 Å². The van der Waals surface area contributed by atoms with Gasteiger partial charge in [-0.15, -0.1) is 0 Å². The van der Waals surface area contributed by atoms with E-state index in [1.54, 1.807) is 30.1 Å². The van der Waals surface area contributed by atoms with Gasteiger partial charge in [-0.1, -0.05) is 12.1 Å². The summed E-state index contributed by atoms with van der Waals surface area (Å²) in [4.78, 5) is 30.9. The maximum absolute atomic E-state index is 12.6. The first-order valence-electron chi connectivity index (χ1n) is 8.06. The molecule has 0 aliphatic rings. The molecule has 7 nitrogen and oxygen atoms in total. The number of likely N-dealkylation sites (N-methyl/N-ethyl adjacent to an activating group) is 1. The fourth-order valence-corrected chi connectivity index (χ4v) is 2.57. The topological polar surface area (TPSA) is 91.0 Å². The van der Waals surface area contributed by atoms with Crippen molar-refractivity contribution in [2.75, 3.05) is 13.6 Å². The van der Waals surface area contributed by atoms with Crippen molar-refractivity contribution in [3.05, 3.63) is 40.4 Å². The highest BCUT2D eigenvalue weighted by molar-refractivity contribution is 5.79. The molecule has 1 amide bonds. The number of nitrogens with zero attached hydrogens (tertiary/aromatic N) is 4. The summed E-state index contributed by atoms with van der Waals surface area (Å²) in [7, 11) is 1.78. The van der Waals surface area contributed by atoms with Gasteiger partial charge < -0.3 is 5.32 Å². The summed E-state index contributed by atoms with van der Waals surface area (Å²) in [6.45, 7) is 6.14. The molecule has 0 aliphatic carbocycles. The van der Waals surface area contributed by atoms with Crippen molar-refractivity contribution >= 4 is 16.8 Å². The number of hydrogen-bond acceptors (Lipinski definition) is 5. The average Bonchev–Trinajstić information content (AvgIpc) is 2.49. The molecule has 2 rings (SSSR count). The van der Waals surface area contributed by atoms with Crippen LogP contribution in [0.3, 0.4) is 0 Å². The van der Waals surface area contributed by atoms with Crippen LogP contribution < -0.4 is 10.9 Å².